The van der Waals surface area contributed by atoms with Crippen LogP contribution < -0.4 is 21.7 Å². The largest absolute Gasteiger partial charge is 0.384 e. The molecule has 4 aromatic rings. The van der Waals surface area contributed by atoms with Gasteiger partial charge in [-0.3, -0.25) is 9.59 Å². The maximum absolute atomic E-state index is 13.8. The van der Waals surface area contributed by atoms with Crippen LogP contribution in [0.2, 0.25) is 0 Å². The van der Waals surface area contributed by atoms with Gasteiger partial charge in [0.2, 0.25) is 11.8 Å². The first-order valence-corrected chi connectivity index (χ1v) is 13.7. The first kappa shape index (κ1) is 29.8. The Balaban J connectivity index is 1.48. The molecule has 1 atom stereocenters. The van der Waals surface area contributed by atoms with Crippen LogP contribution in [0, 0.1) is 0 Å². The Bertz CT molecular complexity index is 1420. The molecule has 0 saturated carbocycles. The van der Waals surface area contributed by atoms with E-state index in [0.717, 1.165) is 27.8 Å². The number of nitrogens with zero attached hydrogens (tertiary/aromatic N) is 2. The second-order valence-corrected chi connectivity index (χ2v) is 10.2. The van der Waals surface area contributed by atoms with Crippen LogP contribution in [-0.4, -0.2) is 47.9 Å². The van der Waals surface area contributed by atoms with Gasteiger partial charge >= 0.3 is 6.03 Å². The molecular formula is C33H36N6O3. The van der Waals surface area contributed by atoms with E-state index in [1.54, 1.807) is 32.4 Å². The van der Waals surface area contributed by atoms with Gasteiger partial charge in [0.15, 0.2) is 0 Å². The zero-order chi connectivity index (χ0) is 29.9. The van der Waals surface area contributed by atoms with E-state index in [9.17, 15) is 14.4 Å². The van der Waals surface area contributed by atoms with Gasteiger partial charge in [0.1, 0.15) is 11.9 Å². The van der Waals surface area contributed by atoms with Gasteiger partial charge in [-0.1, -0.05) is 91.0 Å². The molecule has 0 radical (unpaired) electrons. The molecule has 0 saturated heterocycles. The molecule has 0 bridgehead atoms. The van der Waals surface area contributed by atoms with Crippen molar-refractivity contribution in [3.05, 3.63) is 131 Å². The van der Waals surface area contributed by atoms with E-state index in [0.29, 0.717) is 12.4 Å². The number of anilines is 1. The van der Waals surface area contributed by atoms with Crippen molar-refractivity contribution in [1.29, 1.82) is 0 Å². The molecule has 0 fully saturated rings. The minimum absolute atomic E-state index is 0.169. The molecule has 0 spiro atoms. The minimum atomic E-state index is -0.849. The lowest BCUT2D eigenvalue weighted by Gasteiger charge is -2.23. The third-order valence-electron chi connectivity index (χ3n) is 6.79. The number of hydrogen-bond acceptors (Lipinski definition) is 5. The third kappa shape index (κ3) is 8.41. The van der Waals surface area contributed by atoms with Gasteiger partial charge in [0.05, 0.1) is 5.92 Å². The predicted molar refractivity (Wildman–Crippen MR) is 163 cm³/mol. The Morgan fingerprint density at radius 2 is 1.24 bits per heavy atom. The summed E-state index contributed by atoms with van der Waals surface area (Å²) in [5.41, 5.74) is 10.0. The number of pyridine rings is 1. The normalized spacial score (nSPS) is 11.4. The van der Waals surface area contributed by atoms with E-state index in [2.05, 4.69) is 20.9 Å². The number of nitrogens with one attached hydrogen (secondary N) is 3. The highest BCUT2D eigenvalue weighted by molar-refractivity contribution is 5.92. The Morgan fingerprint density at radius 3 is 1.74 bits per heavy atom. The summed E-state index contributed by atoms with van der Waals surface area (Å²) in [6, 6.07) is 29.1. The number of rotatable bonds is 11. The molecule has 0 aliphatic rings. The lowest BCUT2D eigenvalue weighted by molar-refractivity contribution is -0.129. The number of hydrogen-bond donors (Lipinski definition) is 4. The van der Waals surface area contributed by atoms with Crippen molar-refractivity contribution in [1.82, 2.24) is 25.8 Å². The summed E-state index contributed by atoms with van der Waals surface area (Å²) in [7, 11) is 3.37. The van der Waals surface area contributed by atoms with Crippen molar-refractivity contribution in [2.45, 2.75) is 31.5 Å². The van der Waals surface area contributed by atoms with Crippen molar-refractivity contribution in [3.63, 3.8) is 0 Å². The lowest BCUT2D eigenvalue weighted by Crippen LogP contribution is -2.49. The van der Waals surface area contributed by atoms with Gasteiger partial charge in [-0.05, 0) is 33.9 Å². The predicted octanol–water partition coefficient (Wildman–Crippen LogP) is 3.61. The van der Waals surface area contributed by atoms with Crippen molar-refractivity contribution in [3.8, 4) is 0 Å². The Morgan fingerprint density at radius 1 is 0.714 bits per heavy atom. The topological polar surface area (TPSA) is 129 Å². The third-order valence-corrected chi connectivity index (χ3v) is 6.79. The highest BCUT2D eigenvalue weighted by Crippen LogP contribution is 2.25. The quantitative estimate of drug-likeness (QED) is 0.221. The average Bonchev–Trinajstić information content (AvgIpc) is 3.01. The summed E-state index contributed by atoms with van der Waals surface area (Å²) < 4.78 is 0. The summed E-state index contributed by atoms with van der Waals surface area (Å²) in [5.74, 6) is -0.808. The number of nitrogen functional groups attached to an aromatic ring is 1. The van der Waals surface area contributed by atoms with E-state index in [4.69, 9.17) is 5.73 Å². The Labute approximate surface area is 246 Å². The minimum Gasteiger partial charge on any atom is -0.384 e. The number of aromatic nitrogens is 1. The van der Waals surface area contributed by atoms with E-state index in [-0.39, 0.29) is 30.8 Å². The molecule has 4 amide bonds. The zero-order valence-electron chi connectivity index (χ0n) is 23.8. The van der Waals surface area contributed by atoms with Crippen molar-refractivity contribution in [2.24, 2.45) is 0 Å². The van der Waals surface area contributed by atoms with Crippen molar-refractivity contribution >= 4 is 23.7 Å². The maximum Gasteiger partial charge on any atom is 0.317 e. The number of nitrogens with two attached hydrogens (primary N) is 1. The number of benzene rings is 3. The van der Waals surface area contributed by atoms with Gasteiger partial charge in [-0.25, -0.2) is 9.78 Å². The van der Waals surface area contributed by atoms with Crippen LogP contribution in [0.3, 0.4) is 0 Å². The van der Waals surface area contributed by atoms with Crippen LogP contribution >= 0.6 is 0 Å². The van der Waals surface area contributed by atoms with E-state index in [1.807, 2.05) is 84.9 Å². The molecule has 1 heterocycles. The SMILES string of the molecule is CN(C)C(=O)NCc1ccc(CNC(=O)C(Cc2ccc(N)nc2)NC(=O)C(c2ccccc2)c2ccccc2)cc1. The van der Waals surface area contributed by atoms with Crippen LogP contribution in [0.25, 0.3) is 0 Å². The highest BCUT2D eigenvalue weighted by Gasteiger charge is 2.28. The molecular weight excluding hydrogens is 528 g/mol. The summed E-state index contributed by atoms with van der Waals surface area (Å²) in [6.45, 7) is 0.674. The molecule has 1 aromatic heterocycles. The fourth-order valence-electron chi connectivity index (χ4n) is 4.47. The first-order chi connectivity index (χ1) is 20.3. The fraction of sp³-hybridized carbons (Fsp3) is 0.212. The van der Waals surface area contributed by atoms with Gasteiger partial charge in [-0.2, -0.15) is 0 Å². The molecule has 0 aliphatic heterocycles. The van der Waals surface area contributed by atoms with Crippen LogP contribution in [0.4, 0.5) is 10.6 Å². The van der Waals surface area contributed by atoms with Crippen molar-refractivity contribution < 1.29 is 14.4 Å². The summed E-state index contributed by atoms with van der Waals surface area (Å²) in [6.07, 6.45) is 1.85. The molecule has 0 aliphatic carbocycles. The summed E-state index contributed by atoms with van der Waals surface area (Å²) in [4.78, 5) is 44.7. The number of carbonyl (C=O) groups excluding carboxylic acids is 3. The van der Waals surface area contributed by atoms with Crippen LogP contribution in [0.5, 0.6) is 0 Å². The van der Waals surface area contributed by atoms with Gasteiger partial charge in [-0.15, -0.1) is 0 Å². The van der Waals surface area contributed by atoms with E-state index >= 15 is 0 Å². The highest BCUT2D eigenvalue weighted by atomic mass is 16.2. The maximum atomic E-state index is 13.8. The van der Waals surface area contributed by atoms with Crippen LogP contribution in [0.1, 0.15) is 33.7 Å². The monoisotopic (exact) mass is 564 g/mol. The van der Waals surface area contributed by atoms with E-state index < -0.39 is 12.0 Å². The smallest absolute Gasteiger partial charge is 0.317 e. The fourth-order valence-corrected chi connectivity index (χ4v) is 4.47. The molecule has 3 aromatic carbocycles. The number of amides is 4. The van der Waals surface area contributed by atoms with Crippen LogP contribution in [-0.2, 0) is 29.1 Å². The summed E-state index contributed by atoms with van der Waals surface area (Å²) in [5, 5.41) is 8.79. The van der Waals surface area contributed by atoms with Crippen molar-refractivity contribution in [2.75, 3.05) is 19.8 Å². The van der Waals surface area contributed by atoms with Crippen LogP contribution in [0.15, 0.2) is 103 Å². The van der Waals surface area contributed by atoms with Gasteiger partial charge < -0.3 is 26.6 Å². The molecule has 216 valence electrons. The standard InChI is InChI=1S/C33H36N6O3/c1-39(2)33(42)37-21-24-15-13-23(14-16-24)20-36-31(40)28(19-25-17-18-29(34)35-22-25)38-32(41)30(26-9-5-3-6-10-26)27-11-7-4-8-12-27/h3-18,22,28,30H,19-21H2,1-2H3,(H2,34,35)(H,36,40)(H,37,42)(H,38,41). The molecule has 9 nitrogen and oxygen atoms in total. The number of urea groups is 1. The molecule has 9 heteroatoms. The number of carbonyl (C=O) groups is 3. The molecule has 5 N–H and O–H groups in total. The second kappa shape index (κ2) is 14.5. The average molecular weight is 565 g/mol. The summed E-state index contributed by atoms with van der Waals surface area (Å²) >= 11 is 0. The van der Waals surface area contributed by atoms with Gasteiger partial charge in [0, 0.05) is 39.8 Å². The first-order valence-electron chi connectivity index (χ1n) is 13.7. The Hall–Kier alpha value is -5.18. The molecule has 4 rings (SSSR count). The zero-order valence-corrected chi connectivity index (χ0v) is 23.8. The second-order valence-electron chi connectivity index (χ2n) is 10.2. The lowest BCUT2D eigenvalue weighted by atomic mass is 9.90. The molecule has 1 unspecified atom stereocenters. The Kier molecular flexibility index (Phi) is 10.3. The van der Waals surface area contributed by atoms with Gasteiger partial charge in [0.25, 0.3) is 0 Å². The molecule has 42 heavy (non-hydrogen) atoms. The van der Waals surface area contributed by atoms with E-state index in [1.165, 1.54) is 4.90 Å².